The van der Waals surface area contributed by atoms with E-state index in [4.69, 9.17) is 20.3 Å². The van der Waals surface area contributed by atoms with Crippen LogP contribution in [0.4, 0.5) is 5.82 Å². The molecule has 1 aliphatic heterocycles. The third-order valence-electron chi connectivity index (χ3n) is 3.17. The number of phosphoric acid groups is 1. The van der Waals surface area contributed by atoms with Gasteiger partial charge < -0.3 is 25.4 Å². The van der Waals surface area contributed by atoms with Crippen molar-refractivity contribution in [3.63, 3.8) is 0 Å². The number of hydrogen-bond acceptors (Lipinski definition) is 7. The number of aromatic nitrogens is 2. The minimum Gasteiger partial charge on any atom is -0.396 e. The van der Waals surface area contributed by atoms with Gasteiger partial charge >= 0.3 is 13.5 Å². The molecule has 2 rings (SSSR count). The molecule has 3 atom stereocenters. The summed E-state index contributed by atoms with van der Waals surface area (Å²) in [4.78, 5) is 32.7. The Balaban J connectivity index is 2.11. The van der Waals surface area contributed by atoms with Gasteiger partial charge in [0.05, 0.1) is 12.7 Å². The van der Waals surface area contributed by atoms with E-state index in [0.29, 0.717) is 0 Å². The summed E-state index contributed by atoms with van der Waals surface area (Å²) in [7, 11) is -4.62. The SMILES string of the molecule is Nc1ccn([C@H]2C[C@H](CO)[C@@H](COP(=O)(O)O)O2)c(=O)n1. The van der Waals surface area contributed by atoms with E-state index < -0.39 is 31.8 Å². The molecular formula is C10H16N3O7P. The van der Waals surface area contributed by atoms with E-state index >= 15 is 0 Å². The fourth-order valence-electron chi connectivity index (χ4n) is 2.14. The minimum absolute atomic E-state index is 0.0781. The summed E-state index contributed by atoms with van der Waals surface area (Å²) in [6.07, 6.45) is 0.262. The Bertz CT molecular complexity index is 601. The fourth-order valence-corrected chi connectivity index (χ4v) is 2.48. The van der Waals surface area contributed by atoms with Gasteiger partial charge in [0.2, 0.25) is 0 Å². The number of nitrogens with zero attached hydrogens (tertiary/aromatic N) is 2. The topological polar surface area (TPSA) is 157 Å². The zero-order chi connectivity index (χ0) is 15.6. The molecule has 0 aromatic carbocycles. The molecule has 1 saturated heterocycles. The molecule has 0 saturated carbocycles. The van der Waals surface area contributed by atoms with Crippen LogP contribution in [-0.4, -0.2) is 43.8 Å². The van der Waals surface area contributed by atoms with Crippen molar-refractivity contribution in [2.75, 3.05) is 18.9 Å². The van der Waals surface area contributed by atoms with Crippen LogP contribution in [0, 0.1) is 5.92 Å². The number of phosphoric ester groups is 1. The Morgan fingerprint density at radius 2 is 2.29 bits per heavy atom. The number of aliphatic hydroxyl groups excluding tert-OH is 1. The highest BCUT2D eigenvalue weighted by Gasteiger charge is 2.37. The van der Waals surface area contributed by atoms with Crippen LogP contribution in [0.25, 0.3) is 0 Å². The number of rotatable bonds is 5. The molecule has 5 N–H and O–H groups in total. The predicted molar refractivity (Wildman–Crippen MR) is 70.0 cm³/mol. The summed E-state index contributed by atoms with van der Waals surface area (Å²) in [5.74, 6) is -0.333. The van der Waals surface area contributed by atoms with Gasteiger partial charge in [0.15, 0.2) is 0 Å². The van der Waals surface area contributed by atoms with Gasteiger partial charge in [-0.3, -0.25) is 9.09 Å². The molecule has 0 amide bonds. The average molecular weight is 321 g/mol. The van der Waals surface area contributed by atoms with Crippen LogP contribution in [0.15, 0.2) is 17.1 Å². The summed E-state index contributed by atoms with van der Waals surface area (Å²) in [6.45, 7) is -0.647. The highest BCUT2D eigenvalue weighted by atomic mass is 31.2. The molecule has 0 bridgehead atoms. The number of hydrogen-bond donors (Lipinski definition) is 4. The van der Waals surface area contributed by atoms with Crippen molar-refractivity contribution in [3.8, 4) is 0 Å². The maximum atomic E-state index is 11.7. The van der Waals surface area contributed by atoms with E-state index in [1.165, 1.54) is 16.8 Å². The number of ether oxygens (including phenoxy) is 1. The van der Waals surface area contributed by atoms with Crippen molar-refractivity contribution in [2.24, 2.45) is 5.92 Å². The first-order valence-corrected chi connectivity index (χ1v) is 7.64. The summed E-state index contributed by atoms with van der Waals surface area (Å²) in [6, 6.07) is 1.43. The van der Waals surface area contributed by atoms with Gasteiger partial charge in [0.1, 0.15) is 12.0 Å². The monoisotopic (exact) mass is 321 g/mol. The Hall–Kier alpha value is -1.29. The third-order valence-corrected chi connectivity index (χ3v) is 3.65. The Kier molecular flexibility index (Phi) is 4.77. The molecule has 1 fully saturated rings. The first kappa shape index (κ1) is 16.1. The molecule has 2 heterocycles. The zero-order valence-electron chi connectivity index (χ0n) is 10.9. The summed E-state index contributed by atoms with van der Waals surface area (Å²) >= 11 is 0. The molecule has 0 spiro atoms. The number of nitrogens with two attached hydrogens (primary N) is 1. The second-order valence-corrected chi connectivity index (χ2v) is 5.88. The normalized spacial score (nSPS) is 26.1. The van der Waals surface area contributed by atoms with E-state index in [2.05, 4.69) is 9.51 Å². The van der Waals surface area contributed by atoms with Crippen LogP contribution < -0.4 is 11.4 Å². The molecule has 118 valence electrons. The smallest absolute Gasteiger partial charge is 0.396 e. The summed E-state index contributed by atoms with van der Waals surface area (Å²) in [5, 5.41) is 9.29. The third kappa shape index (κ3) is 4.10. The van der Waals surface area contributed by atoms with E-state index in [-0.39, 0.29) is 25.5 Å². The molecule has 1 aliphatic rings. The van der Waals surface area contributed by atoms with E-state index in [1.807, 2.05) is 0 Å². The van der Waals surface area contributed by atoms with Gasteiger partial charge in [-0.25, -0.2) is 9.36 Å². The first-order chi connectivity index (χ1) is 9.80. The average Bonchev–Trinajstić information content (AvgIpc) is 2.78. The highest BCUT2D eigenvalue weighted by Crippen LogP contribution is 2.39. The molecule has 21 heavy (non-hydrogen) atoms. The molecule has 1 aromatic rings. The second-order valence-electron chi connectivity index (χ2n) is 4.64. The quantitative estimate of drug-likeness (QED) is 0.490. The number of anilines is 1. The highest BCUT2D eigenvalue weighted by molar-refractivity contribution is 7.46. The van der Waals surface area contributed by atoms with Crippen LogP contribution in [0.3, 0.4) is 0 Å². The molecule has 0 unspecified atom stereocenters. The van der Waals surface area contributed by atoms with E-state index in [0.717, 1.165) is 0 Å². The lowest BCUT2D eigenvalue weighted by atomic mass is 10.0. The standard InChI is InChI=1S/C10H16N3O7P/c11-8-1-2-13(10(15)12-8)9-3-6(4-14)7(20-9)5-19-21(16,17)18/h1-2,6-7,9,14H,3-5H2,(H2,11,12,15)(H2,16,17,18)/t6-,7-,9-/m1/s1. The molecule has 1 aromatic heterocycles. The lowest BCUT2D eigenvalue weighted by molar-refractivity contribution is -0.0360. The van der Waals surface area contributed by atoms with Crippen molar-refractivity contribution >= 4 is 13.6 Å². The maximum absolute atomic E-state index is 11.7. The van der Waals surface area contributed by atoms with Gasteiger partial charge in [0, 0.05) is 25.1 Å². The first-order valence-electron chi connectivity index (χ1n) is 6.11. The van der Waals surface area contributed by atoms with Gasteiger partial charge in [-0.2, -0.15) is 4.98 Å². The lowest BCUT2D eigenvalue weighted by Gasteiger charge is -2.17. The van der Waals surface area contributed by atoms with Crippen molar-refractivity contribution in [3.05, 3.63) is 22.7 Å². The Labute approximate surface area is 119 Å². The minimum atomic E-state index is -4.62. The molecule has 0 aliphatic carbocycles. The van der Waals surface area contributed by atoms with Crippen LogP contribution in [0.1, 0.15) is 12.6 Å². The lowest BCUT2D eigenvalue weighted by Crippen LogP contribution is -2.28. The predicted octanol–water partition coefficient (Wildman–Crippen LogP) is -1.17. The molecule has 11 heteroatoms. The molecule has 0 radical (unpaired) electrons. The Morgan fingerprint density at radius 3 is 2.86 bits per heavy atom. The van der Waals surface area contributed by atoms with Gasteiger partial charge in [-0.15, -0.1) is 0 Å². The molecular weight excluding hydrogens is 305 g/mol. The maximum Gasteiger partial charge on any atom is 0.469 e. The van der Waals surface area contributed by atoms with Crippen LogP contribution >= 0.6 is 7.82 Å². The van der Waals surface area contributed by atoms with Gasteiger partial charge in [-0.1, -0.05) is 0 Å². The van der Waals surface area contributed by atoms with Crippen LogP contribution in [-0.2, 0) is 13.8 Å². The zero-order valence-corrected chi connectivity index (χ0v) is 11.8. The largest absolute Gasteiger partial charge is 0.469 e. The number of nitrogen functional groups attached to an aromatic ring is 1. The van der Waals surface area contributed by atoms with Crippen LogP contribution in [0.5, 0.6) is 0 Å². The fraction of sp³-hybridized carbons (Fsp3) is 0.600. The van der Waals surface area contributed by atoms with Crippen molar-refractivity contribution in [2.45, 2.75) is 18.8 Å². The van der Waals surface area contributed by atoms with Gasteiger partial charge in [0.25, 0.3) is 0 Å². The van der Waals surface area contributed by atoms with Crippen LogP contribution in [0.2, 0.25) is 0 Å². The summed E-state index contributed by atoms with van der Waals surface area (Å²) in [5.41, 5.74) is 4.79. The van der Waals surface area contributed by atoms with Crippen molar-refractivity contribution < 1.29 is 28.7 Å². The second kappa shape index (κ2) is 6.22. The molecule has 10 nitrogen and oxygen atoms in total. The van der Waals surface area contributed by atoms with E-state index in [9.17, 15) is 14.5 Å². The Morgan fingerprint density at radius 1 is 1.57 bits per heavy atom. The summed E-state index contributed by atoms with van der Waals surface area (Å²) < 4.78 is 21.8. The number of aliphatic hydroxyl groups is 1. The van der Waals surface area contributed by atoms with Gasteiger partial charge in [-0.05, 0) is 6.07 Å². The van der Waals surface area contributed by atoms with Crippen molar-refractivity contribution in [1.82, 2.24) is 9.55 Å². The van der Waals surface area contributed by atoms with Crippen molar-refractivity contribution in [1.29, 1.82) is 0 Å². The van der Waals surface area contributed by atoms with E-state index in [1.54, 1.807) is 0 Å².